The van der Waals surface area contributed by atoms with Crippen molar-refractivity contribution in [1.29, 1.82) is 0 Å². The number of hydroxylamine groups is 1. The van der Waals surface area contributed by atoms with Crippen LogP contribution in [0.5, 0.6) is 0 Å². The molecule has 0 spiro atoms. The van der Waals surface area contributed by atoms with E-state index in [1.807, 2.05) is 0 Å². The summed E-state index contributed by atoms with van der Waals surface area (Å²) in [6, 6.07) is 14.5. The predicted molar refractivity (Wildman–Crippen MR) is 266 cm³/mol. The highest BCUT2D eigenvalue weighted by Crippen LogP contribution is 2.28. The van der Waals surface area contributed by atoms with Crippen LogP contribution in [0.3, 0.4) is 0 Å². The Hall–Kier alpha value is -5.20. The number of oxime groups is 1. The lowest BCUT2D eigenvalue weighted by Gasteiger charge is -2.18. The molecule has 2 amide bonds. The van der Waals surface area contributed by atoms with Crippen molar-refractivity contribution in [1.82, 2.24) is 40.5 Å². The predicted octanol–water partition coefficient (Wildman–Crippen LogP) is 3.29. The number of hydrogen-bond acceptors (Lipinski definition) is 12. The Labute approximate surface area is 413 Å². The Morgan fingerprint density at radius 2 is 1.15 bits per heavy atom. The molecule has 2 aromatic heterocycles. The fourth-order valence-electron chi connectivity index (χ4n) is 5.06. The van der Waals surface area contributed by atoms with Crippen molar-refractivity contribution < 1.29 is 36.8 Å². The second kappa shape index (κ2) is 31.7. The van der Waals surface area contributed by atoms with Gasteiger partial charge in [-0.25, -0.2) is 15.4 Å². The van der Waals surface area contributed by atoms with E-state index in [1.165, 1.54) is 60.9 Å². The number of amides is 2. The van der Waals surface area contributed by atoms with Gasteiger partial charge in [-0.3, -0.25) is 38.1 Å². The number of nitrogens with two attached hydrogens (primary N) is 2. The first-order valence-corrected chi connectivity index (χ1v) is 25.2. The van der Waals surface area contributed by atoms with Crippen molar-refractivity contribution in [2.24, 2.45) is 21.6 Å². The summed E-state index contributed by atoms with van der Waals surface area (Å²) in [6.45, 7) is 1.38. The number of anilines is 2. The molecular weight excluding hydrogens is 1150 g/mol. The number of carbonyl (C=O) groups is 2. The minimum Gasteiger partial charge on any atom is -0.391 e. The van der Waals surface area contributed by atoms with Crippen LogP contribution in [0.15, 0.2) is 92.8 Å². The number of aliphatic imine (C=N–C) groups is 1. The van der Waals surface area contributed by atoms with E-state index in [1.54, 1.807) is 40.1 Å². The minimum atomic E-state index is -3.21. The number of hydrogen-bond donors (Lipinski definition) is 8. The lowest BCUT2D eigenvalue weighted by Crippen LogP contribution is -2.39. The number of rotatable bonds is 20. The molecule has 66 heavy (non-hydrogen) atoms. The average Bonchev–Trinajstić information content (AvgIpc) is 3.28. The highest BCUT2D eigenvalue weighted by atomic mass is 128. The molecule has 0 atom stereocenters. The summed E-state index contributed by atoms with van der Waals surface area (Å²) in [5.41, 5.74) is 11.8. The maximum atomic E-state index is 14.4. The van der Waals surface area contributed by atoms with Gasteiger partial charge in [0.05, 0.1) is 26.2 Å². The number of aryl methyl sites for hydroxylation is 2. The van der Waals surface area contributed by atoms with Crippen molar-refractivity contribution in [3.05, 3.63) is 116 Å². The third-order valence-corrected chi connectivity index (χ3v) is 8.30. The van der Waals surface area contributed by atoms with E-state index >= 15 is 0 Å². The zero-order valence-electron chi connectivity index (χ0n) is 36.0. The van der Waals surface area contributed by atoms with Gasteiger partial charge in [0, 0.05) is 92.8 Å². The maximum Gasteiger partial charge on any atom is 0.293 e. The second-order valence-corrected chi connectivity index (χ2v) is 12.9. The maximum absolute atomic E-state index is 14.4. The lowest BCUT2D eigenvalue weighted by molar-refractivity contribution is -0.122. The van der Waals surface area contributed by atoms with E-state index in [2.05, 4.69) is 89.4 Å². The Morgan fingerprint density at radius 1 is 0.742 bits per heavy atom. The normalized spacial score (nSPS) is 10.7. The van der Waals surface area contributed by atoms with Crippen LogP contribution >= 0.6 is 62.0 Å². The summed E-state index contributed by atoms with van der Waals surface area (Å²) in [5, 5.41) is 16.0. The van der Waals surface area contributed by atoms with Crippen LogP contribution in [0.25, 0.3) is 0 Å². The number of aromatic nitrogens is 4. The quantitative estimate of drug-likeness (QED) is 0.0158. The van der Waals surface area contributed by atoms with Crippen molar-refractivity contribution >= 4 is 97.4 Å². The third-order valence-electron chi connectivity index (χ3n) is 8.30. The first kappa shape index (κ1) is 60.8. The molecule has 20 nitrogen and oxygen atoms in total. The molecule has 0 bridgehead atoms. The Kier molecular flexibility index (Phi) is 29.2. The molecule has 2 aromatic carbocycles. The van der Waals surface area contributed by atoms with E-state index in [9.17, 15) is 36.7 Å². The second-order valence-electron chi connectivity index (χ2n) is 12.9. The SMILES string of the molecule is CN=C(NC)NOCCNC(=O)Cn1c(C)cnc(NCC(F)(F)c2ccccc2)c1=O.Cc1cnc(NCC(F)(F)c2ccccc2)c(=O)n1CC(=O)NCCON=C(N)N.Cl.Cl.II. The number of carbonyl (C=O) groups excluding carboxylic acids is 2. The molecule has 28 heteroatoms. The summed E-state index contributed by atoms with van der Waals surface area (Å²) in [6.07, 6.45) is 2.66. The van der Waals surface area contributed by atoms with Crippen LogP contribution in [0, 0.1) is 13.8 Å². The van der Waals surface area contributed by atoms with Gasteiger partial charge in [-0.15, -0.1) is 24.8 Å². The van der Waals surface area contributed by atoms with Gasteiger partial charge in [0.2, 0.25) is 23.7 Å². The van der Waals surface area contributed by atoms with Gasteiger partial charge in [0.15, 0.2) is 11.6 Å². The van der Waals surface area contributed by atoms with E-state index in [0.29, 0.717) is 17.3 Å². The van der Waals surface area contributed by atoms with Crippen LogP contribution in [-0.2, 0) is 44.2 Å². The van der Waals surface area contributed by atoms with E-state index < -0.39 is 47.9 Å². The topological polar surface area (TPSA) is 271 Å². The van der Waals surface area contributed by atoms with E-state index in [-0.39, 0.29) is 92.9 Å². The number of halogens is 8. The zero-order chi connectivity index (χ0) is 47.7. The molecule has 0 aliphatic carbocycles. The summed E-state index contributed by atoms with van der Waals surface area (Å²) < 4.78 is 59.7. The fraction of sp³-hybridized carbons (Fsp3) is 0.368. The highest BCUT2D eigenvalue weighted by molar-refractivity contribution is 15.0. The van der Waals surface area contributed by atoms with Crippen LogP contribution in [0.1, 0.15) is 22.5 Å². The average molecular weight is 1200 g/mol. The standard InChI is InChI=1S/C20H27F2N7O3.C18H23F2N7O3.2ClH.I2/c1-14-11-26-17(27-13-20(21,22)15-7-5-4-6-8-15)18(31)29(14)12-16(30)25-9-10-32-28-19(23-2)24-3;1-12-9-24-15(25-11-18(19,20)13-5-3-2-4-6-13)16(29)27(12)10-14(28)23-7-8-30-26-17(21)22;;;1-2/h4-8,11H,9-10,12-13H2,1-3H3,(H,25,30)(H,26,27)(H2,23,24,28);2-6,9H,7-8,10-11H2,1H3,(H,23,28)(H,24,25)(H4,21,22,26);2*1H;. The number of benzene rings is 2. The highest BCUT2D eigenvalue weighted by Gasteiger charge is 2.32. The van der Waals surface area contributed by atoms with Gasteiger partial charge in [-0.1, -0.05) is 60.7 Å². The van der Waals surface area contributed by atoms with Crippen LogP contribution in [0.4, 0.5) is 29.2 Å². The molecule has 366 valence electrons. The van der Waals surface area contributed by atoms with Gasteiger partial charge in [0.25, 0.3) is 23.0 Å². The molecule has 0 saturated heterocycles. The van der Waals surface area contributed by atoms with Crippen molar-refractivity contribution in [2.75, 3.05) is 64.1 Å². The van der Waals surface area contributed by atoms with Gasteiger partial charge in [-0.2, -0.15) is 17.6 Å². The summed E-state index contributed by atoms with van der Waals surface area (Å²) in [5.74, 6) is -7.70. The van der Waals surface area contributed by atoms with Gasteiger partial charge < -0.3 is 42.9 Å². The van der Waals surface area contributed by atoms with E-state index in [0.717, 1.165) is 9.13 Å². The monoisotopic (exact) mass is 1200 g/mol. The molecule has 0 radical (unpaired) electrons. The van der Waals surface area contributed by atoms with Crippen LogP contribution < -0.4 is 54.6 Å². The first-order chi connectivity index (χ1) is 30.5. The molecular formula is C38H52Cl2F4I2N14O6. The number of guanidine groups is 2. The van der Waals surface area contributed by atoms with Crippen molar-refractivity contribution in [3.8, 4) is 0 Å². The number of alkyl halides is 4. The van der Waals surface area contributed by atoms with Gasteiger partial charge in [0.1, 0.15) is 19.7 Å². The summed E-state index contributed by atoms with van der Waals surface area (Å²) >= 11 is 4.24. The van der Waals surface area contributed by atoms with Gasteiger partial charge in [-0.05, 0) is 19.0 Å². The van der Waals surface area contributed by atoms with Crippen molar-refractivity contribution in [3.63, 3.8) is 0 Å². The molecule has 4 rings (SSSR count). The first-order valence-electron chi connectivity index (χ1n) is 18.9. The fourth-order valence-corrected chi connectivity index (χ4v) is 5.06. The van der Waals surface area contributed by atoms with Gasteiger partial charge >= 0.3 is 0 Å². The zero-order valence-corrected chi connectivity index (χ0v) is 41.9. The third kappa shape index (κ3) is 21.0. The molecule has 0 aliphatic rings. The van der Waals surface area contributed by atoms with Crippen molar-refractivity contribution in [2.45, 2.75) is 38.8 Å². The summed E-state index contributed by atoms with van der Waals surface area (Å²) in [4.78, 5) is 71.0. The molecule has 10 N–H and O–H groups in total. The van der Waals surface area contributed by atoms with Crippen LogP contribution in [-0.4, -0.2) is 96.3 Å². The van der Waals surface area contributed by atoms with E-state index in [4.69, 9.17) is 21.1 Å². The Morgan fingerprint density at radius 3 is 1.53 bits per heavy atom. The Balaban J connectivity index is 0.00000120. The lowest BCUT2D eigenvalue weighted by atomic mass is 10.1. The number of nitrogens with zero attached hydrogens (tertiary/aromatic N) is 6. The molecule has 4 aromatic rings. The smallest absolute Gasteiger partial charge is 0.293 e. The molecule has 0 fully saturated rings. The molecule has 0 saturated carbocycles. The molecule has 0 aliphatic heterocycles. The molecule has 2 heterocycles. The Bertz CT molecular complexity index is 2270. The largest absolute Gasteiger partial charge is 0.391 e. The summed E-state index contributed by atoms with van der Waals surface area (Å²) in [7, 11) is 3.24. The number of nitrogens with one attached hydrogen (secondary N) is 6. The minimum absolute atomic E-state index is 0. The van der Waals surface area contributed by atoms with Crippen LogP contribution in [0.2, 0.25) is 0 Å². The molecule has 0 unspecified atom stereocenters.